The van der Waals surface area contributed by atoms with Crippen molar-refractivity contribution in [3.8, 4) is 11.3 Å². The van der Waals surface area contributed by atoms with Crippen LogP contribution in [0.3, 0.4) is 0 Å². The molecule has 1 amide bonds. The number of likely N-dealkylation sites (N-methyl/N-ethyl adjacent to an activating group) is 1. The lowest BCUT2D eigenvalue weighted by atomic mass is 10.1. The Labute approximate surface area is 197 Å². The summed E-state index contributed by atoms with van der Waals surface area (Å²) in [5, 5.41) is 10.2. The Kier molecular flexibility index (Phi) is 5.92. The molecular formula is C25H25N7O2. The van der Waals surface area contributed by atoms with Crippen LogP contribution in [0, 0.1) is 0 Å². The van der Waals surface area contributed by atoms with Gasteiger partial charge in [-0.05, 0) is 49.5 Å². The van der Waals surface area contributed by atoms with Gasteiger partial charge in [0.05, 0.1) is 6.20 Å². The van der Waals surface area contributed by atoms with Crippen LogP contribution in [0.4, 0.5) is 23.0 Å². The fourth-order valence-electron chi connectivity index (χ4n) is 3.88. The van der Waals surface area contributed by atoms with Crippen molar-refractivity contribution in [3.63, 3.8) is 0 Å². The number of carbonyl (C=O) groups is 1. The first-order valence-electron chi connectivity index (χ1n) is 11.1. The van der Waals surface area contributed by atoms with Crippen molar-refractivity contribution in [1.29, 1.82) is 0 Å². The van der Waals surface area contributed by atoms with Crippen LogP contribution in [-0.2, 0) is 4.79 Å². The van der Waals surface area contributed by atoms with E-state index in [1.165, 1.54) is 11.8 Å². The van der Waals surface area contributed by atoms with Gasteiger partial charge >= 0.3 is 0 Å². The Hall–Kier alpha value is -4.24. The molecule has 0 aliphatic carbocycles. The first-order chi connectivity index (χ1) is 16.6. The number of fused-ring (bicyclic) bond motifs is 1. The summed E-state index contributed by atoms with van der Waals surface area (Å²) in [6.45, 7) is 7.66. The summed E-state index contributed by atoms with van der Waals surface area (Å²) in [6, 6.07) is 15.6. The molecule has 2 aromatic heterocycles. The molecule has 2 N–H and O–H groups in total. The Balaban J connectivity index is 1.36. The summed E-state index contributed by atoms with van der Waals surface area (Å²) < 4.78 is 5.43. The second-order valence-corrected chi connectivity index (χ2v) is 8.17. The minimum atomic E-state index is -0.283. The van der Waals surface area contributed by atoms with Crippen molar-refractivity contribution in [3.05, 3.63) is 67.4 Å². The second-order valence-electron chi connectivity index (χ2n) is 8.17. The van der Waals surface area contributed by atoms with Gasteiger partial charge in [0.15, 0.2) is 0 Å². The molecule has 2 aromatic carbocycles. The van der Waals surface area contributed by atoms with E-state index in [-0.39, 0.29) is 5.91 Å². The highest BCUT2D eigenvalue weighted by Crippen LogP contribution is 2.29. The molecule has 9 nitrogen and oxygen atoms in total. The van der Waals surface area contributed by atoms with Crippen molar-refractivity contribution in [2.45, 2.75) is 0 Å². The Bertz CT molecular complexity index is 1320. The molecule has 0 radical (unpaired) electrons. The van der Waals surface area contributed by atoms with Gasteiger partial charge in [-0.2, -0.15) is 0 Å². The molecule has 4 aromatic rings. The molecule has 9 heteroatoms. The summed E-state index contributed by atoms with van der Waals surface area (Å²) in [5.74, 6) is 0.162. The third-order valence-corrected chi connectivity index (χ3v) is 5.80. The third-order valence-electron chi connectivity index (χ3n) is 5.80. The molecular weight excluding hydrogens is 430 g/mol. The van der Waals surface area contributed by atoms with Crippen molar-refractivity contribution >= 4 is 40.0 Å². The standard InChI is InChI=1S/C25H25N7O2/c1-3-22(33)27-19-6-4-5-17(15-19)23-24-21(34-30-23)16-26-25(29-24)28-18-7-9-20(10-8-18)32-13-11-31(2)12-14-32/h3-10,15-16H,1,11-14H2,2H3,(H,27,33)(H,26,28,29). The van der Waals surface area contributed by atoms with E-state index in [0.717, 1.165) is 37.4 Å². The smallest absolute Gasteiger partial charge is 0.247 e. The van der Waals surface area contributed by atoms with E-state index in [9.17, 15) is 4.79 Å². The first kappa shape index (κ1) is 21.6. The number of anilines is 4. The van der Waals surface area contributed by atoms with Crippen LogP contribution in [0.5, 0.6) is 0 Å². The van der Waals surface area contributed by atoms with E-state index in [0.29, 0.717) is 28.4 Å². The van der Waals surface area contributed by atoms with Crippen LogP contribution >= 0.6 is 0 Å². The van der Waals surface area contributed by atoms with E-state index in [4.69, 9.17) is 4.52 Å². The summed E-state index contributed by atoms with van der Waals surface area (Å²) in [4.78, 5) is 25.4. The van der Waals surface area contributed by atoms with Crippen LogP contribution in [0.1, 0.15) is 0 Å². The number of hydrogen-bond donors (Lipinski definition) is 2. The number of aromatic nitrogens is 3. The van der Waals surface area contributed by atoms with Gasteiger partial charge < -0.3 is 25.0 Å². The molecule has 1 aliphatic rings. The molecule has 1 fully saturated rings. The molecule has 0 saturated carbocycles. The first-order valence-corrected chi connectivity index (χ1v) is 11.1. The van der Waals surface area contributed by atoms with E-state index in [1.54, 1.807) is 12.3 Å². The number of nitrogens with one attached hydrogen (secondary N) is 2. The summed E-state index contributed by atoms with van der Waals surface area (Å²) in [7, 11) is 2.15. The SMILES string of the molecule is C=CC(=O)Nc1cccc(-c2noc3cnc(Nc4ccc(N5CCN(C)CC5)cc4)nc23)c1. The monoisotopic (exact) mass is 455 g/mol. The normalized spacial score (nSPS) is 14.2. The van der Waals surface area contributed by atoms with E-state index >= 15 is 0 Å². The maximum absolute atomic E-state index is 11.6. The average Bonchev–Trinajstić information content (AvgIpc) is 3.28. The minimum Gasteiger partial charge on any atom is -0.369 e. The maximum atomic E-state index is 11.6. The van der Waals surface area contributed by atoms with E-state index < -0.39 is 0 Å². The second kappa shape index (κ2) is 9.32. The zero-order chi connectivity index (χ0) is 23.5. The van der Waals surface area contributed by atoms with Gasteiger partial charge in [0.25, 0.3) is 0 Å². The zero-order valence-corrected chi connectivity index (χ0v) is 18.9. The zero-order valence-electron chi connectivity index (χ0n) is 18.9. The Morgan fingerprint density at radius 3 is 2.65 bits per heavy atom. The molecule has 5 rings (SSSR count). The lowest BCUT2D eigenvalue weighted by Crippen LogP contribution is -2.44. The highest BCUT2D eigenvalue weighted by atomic mass is 16.5. The van der Waals surface area contributed by atoms with Crippen molar-refractivity contribution in [2.24, 2.45) is 0 Å². The topological polar surface area (TPSA) is 99.4 Å². The number of rotatable bonds is 6. The van der Waals surface area contributed by atoms with Crippen molar-refractivity contribution < 1.29 is 9.32 Å². The maximum Gasteiger partial charge on any atom is 0.247 e. The predicted octanol–water partition coefficient (Wildman–Crippen LogP) is 3.90. The Morgan fingerprint density at radius 1 is 1.09 bits per heavy atom. The lowest BCUT2D eigenvalue weighted by Gasteiger charge is -2.34. The molecule has 3 heterocycles. The van der Waals surface area contributed by atoms with Crippen LogP contribution in [0.2, 0.25) is 0 Å². The molecule has 0 atom stereocenters. The molecule has 1 saturated heterocycles. The number of hydrogen-bond acceptors (Lipinski definition) is 8. The summed E-state index contributed by atoms with van der Waals surface area (Å²) in [5.41, 5.74) is 5.13. The van der Waals surface area contributed by atoms with Crippen LogP contribution in [0.25, 0.3) is 22.4 Å². The van der Waals surface area contributed by atoms with Gasteiger partial charge in [0.2, 0.25) is 17.4 Å². The minimum absolute atomic E-state index is 0.283. The van der Waals surface area contributed by atoms with Crippen molar-refractivity contribution in [2.75, 3.05) is 48.8 Å². The quantitative estimate of drug-likeness (QED) is 0.422. The fourth-order valence-corrected chi connectivity index (χ4v) is 3.88. The number of amides is 1. The summed E-state index contributed by atoms with van der Waals surface area (Å²) >= 11 is 0. The lowest BCUT2D eigenvalue weighted by molar-refractivity contribution is -0.111. The number of benzene rings is 2. The van der Waals surface area contributed by atoms with E-state index in [1.807, 2.05) is 30.3 Å². The van der Waals surface area contributed by atoms with Gasteiger partial charge in [-0.3, -0.25) is 4.79 Å². The summed E-state index contributed by atoms with van der Waals surface area (Å²) in [6.07, 6.45) is 2.82. The molecule has 0 unspecified atom stereocenters. The highest BCUT2D eigenvalue weighted by Gasteiger charge is 2.16. The van der Waals surface area contributed by atoms with Gasteiger partial charge in [-0.25, -0.2) is 9.97 Å². The van der Waals surface area contributed by atoms with Gasteiger partial charge in [0, 0.05) is 48.8 Å². The number of nitrogens with zero attached hydrogens (tertiary/aromatic N) is 5. The molecule has 172 valence electrons. The van der Waals surface area contributed by atoms with Crippen LogP contribution in [-0.4, -0.2) is 59.2 Å². The molecule has 0 spiro atoms. The van der Waals surface area contributed by atoms with Crippen LogP contribution in [0.15, 0.2) is 71.9 Å². The third kappa shape index (κ3) is 4.60. The van der Waals surface area contributed by atoms with Crippen molar-refractivity contribution in [1.82, 2.24) is 20.0 Å². The largest absolute Gasteiger partial charge is 0.369 e. The number of piperazine rings is 1. The molecule has 1 aliphatic heterocycles. The molecule has 0 bridgehead atoms. The highest BCUT2D eigenvalue weighted by molar-refractivity contribution is 5.99. The fraction of sp³-hybridized carbons (Fsp3) is 0.200. The Morgan fingerprint density at radius 2 is 1.88 bits per heavy atom. The van der Waals surface area contributed by atoms with Gasteiger partial charge in [-0.15, -0.1) is 0 Å². The van der Waals surface area contributed by atoms with Crippen LogP contribution < -0.4 is 15.5 Å². The van der Waals surface area contributed by atoms with E-state index in [2.05, 4.69) is 61.3 Å². The average molecular weight is 456 g/mol. The van der Waals surface area contributed by atoms with Gasteiger partial charge in [0.1, 0.15) is 11.2 Å². The van der Waals surface area contributed by atoms with Gasteiger partial charge in [-0.1, -0.05) is 23.9 Å². The number of carbonyl (C=O) groups excluding carboxylic acids is 1. The molecule has 34 heavy (non-hydrogen) atoms. The predicted molar refractivity (Wildman–Crippen MR) is 133 cm³/mol.